The average Bonchev–Trinajstić information content (AvgIpc) is 3.24. The van der Waals surface area contributed by atoms with E-state index in [1.807, 2.05) is 12.4 Å². The molecular weight excluding hydrogens is 338 g/mol. The molecule has 3 aromatic rings. The maximum atomic E-state index is 9.00. The topological polar surface area (TPSA) is 79.5 Å². The lowest BCUT2D eigenvalue weighted by Gasteiger charge is -2.30. The van der Waals surface area contributed by atoms with Crippen molar-refractivity contribution in [3.05, 3.63) is 24.3 Å². The van der Waals surface area contributed by atoms with Crippen molar-refractivity contribution in [3.63, 3.8) is 0 Å². The minimum atomic E-state index is -0.213. The Morgan fingerprint density at radius 3 is 2.78 bits per heavy atom. The van der Waals surface area contributed by atoms with Gasteiger partial charge < -0.3 is 14.3 Å². The van der Waals surface area contributed by atoms with E-state index in [1.54, 1.807) is 0 Å². The number of hydrogen-bond acceptors (Lipinski definition) is 4. The number of hydrogen-bond donors (Lipinski definition) is 1. The van der Waals surface area contributed by atoms with E-state index in [9.17, 15) is 0 Å². The van der Waals surface area contributed by atoms with Crippen LogP contribution >= 0.6 is 0 Å². The summed E-state index contributed by atoms with van der Waals surface area (Å²) in [6.07, 6.45) is 8.81. The molecule has 1 fully saturated rings. The van der Waals surface area contributed by atoms with Gasteiger partial charge >= 0.3 is 0 Å². The van der Waals surface area contributed by atoms with E-state index in [-0.39, 0.29) is 5.60 Å². The molecule has 1 N–H and O–H groups in total. The molecule has 0 spiro atoms. The largest absolute Gasteiger partial charge is 0.368 e. The molecule has 0 aromatic carbocycles. The third-order valence-corrected chi connectivity index (χ3v) is 5.50. The first-order chi connectivity index (χ1) is 13.0. The number of imidazole rings is 1. The van der Waals surface area contributed by atoms with E-state index in [0.717, 1.165) is 53.6 Å². The molecule has 0 saturated heterocycles. The first-order valence-electron chi connectivity index (χ1n) is 9.80. The van der Waals surface area contributed by atoms with Crippen molar-refractivity contribution in [1.29, 1.82) is 5.26 Å². The summed E-state index contributed by atoms with van der Waals surface area (Å²) in [5.41, 5.74) is 2.76. The van der Waals surface area contributed by atoms with Crippen LogP contribution < -0.4 is 0 Å². The van der Waals surface area contributed by atoms with Crippen molar-refractivity contribution in [1.82, 2.24) is 19.5 Å². The smallest absolute Gasteiger partial charge is 0.139 e. The van der Waals surface area contributed by atoms with Gasteiger partial charge in [-0.3, -0.25) is 0 Å². The van der Waals surface area contributed by atoms with E-state index in [4.69, 9.17) is 15.0 Å². The summed E-state index contributed by atoms with van der Waals surface area (Å²) in [5.74, 6) is 1.50. The SMILES string of the molecule is CC(C)(C)OCc1nc2cnc3[nH]ccc3c2n1[C@H]1CC[C@H](CC#N)CC1. The number of fused-ring (bicyclic) bond motifs is 3. The summed E-state index contributed by atoms with van der Waals surface area (Å²) in [4.78, 5) is 12.6. The maximum Gasteiger partial charge on any atom is 0.139 e. The molecule has 3 heterocycles. The zero-order valence-electron chi connectivity index (χ0n) is 16.3. The van der Waals surface area contributed by atoms with Crippen molar-refractivity contribution in [2.75, 3.05) is 0 Å². The molecule has 1 aliphatic carbocycles. The molecule has 142 valence electrons. The van der Waals surface area contributed by atoms with Crippen LogP contribution in [0.15, 0.2) is 18.5 Å². The molecule has 6 nitrogen and oxygen atoms in total. The van der Waals surface area contributed by atoms with Crippen molar-refractivity contribution < 1.29 is 4.74 Å². The van der Waals surface area contributed by atoms with Gasteiger partial charge in [-0.2, -0.15) is 5.26 Å². The van der Waals surface area contributed by atoms with E-state index in [1.165, 1.54) is 0 Å². The highest BCUT2D eigenvalue weighted by Gasteiger charge is 2.27. The van der Waals surface area contributed by atoms with Gasteiger partial charge in [0, 0.05) is 24.0 Å². The lowest BCUT2D eigenvalue weighted by molar-refractivity contribution is -0.0198. The molecule has 0 atom stereocenters. The minimum absolute atomic E-state index is 0.213. The molecule has 1 saturated carbocycles. The number of nitrogens with zero attached hydrogens (tertiary/aromatic N) is 4. The Bertz CT molecular complexity index is 980. The fraction of sp³-hybridized carbons (Fsp3) is 0.571. The Morgan fingerprint density at radius 2 is 2.07 bits per heavy atom. The van der Waals surface area contributed by atoms with Crippen LogP contribution in [0.1, 0.15) is 64.7 Å². The molecule has 0 bridgehead atoms. The molecule has 0 radical (unpaired) electrons. The van der Waals surface area contributed by atoms with Gasteiger partial charge in [-0.25, -0.2) is 9.97 Å². The van der Waals surface area contributed by atoms with E-state index < -0.39 is 0 Å². The average molecular weight is 365 g/mol. The van der Waals surface area contributed by atoms with Gasteiger partial charge in [0.15, 0.2) is 0 Å². The standard InChI is InChI=1S/C21H27N5O/c1-21(2,3)27-13-18-25-17-12-24-20-16(9-11-23-20)19(17)26(18)15-6-4-14(5-7-15)8-10-22/h9,11-12,14-15H,4-8,13H2,1-3H3,(H,23,24)/t14-,15-. The van der Waals surface area contributed by atoms with Crippen molar-refractivity contribution in [2.24, 2.45) is 5.92 Å². The zero-order valence-corrected chi connectivity index (χ0v) is 16.3. The molecule has 0 amide bonds. The third kappa shape index (κ3) is 3.57. The van der Waals surface area contributed by atoms with Gasteiger partial charge in [0.1, 0.15) is 23.6 Å². The second-order valence-electron chi connectivity index (χ2n) is 8.57. The van der Waals surface area contributed by atoms with E-state index in [2.05, 4.69) is 47.4 Å². The Labute approximate surface area is 159 Å². The predicted molar refractivity (Wildman–Crippen MR) is 105 cm³/mol. The van der Waals surface area contributed by atoms with Crippen LogP contribution in [0.4, 0.5) is 0 Å². The molecule has 4 rings (SSSR count). The molecule has 3 aromatic heterocycles. The Kier molecular flexibility index (Phi) is 4.65. The molecule has 27 heavy (non-hydrogen) atoms. The second-order valence-corrected chi connectivity index (χ2v) is 8.57. The van der Waals surface area contributed by atoms with Gasteiger partial charge in [-0.05, 0) is 58.4 Å². The van der Waals surface area contributed by atoms with Crippen molar-refractivity contribution in [2.45, 2.75) is 71.1 Å². The third-order valence-electron chi connectivity index (χ3n) is 5.50. The highest BCUT2D eigenvalue weighted by molar-refractivity contribution is 6.01. The summed E-state index contributed by atoms with van der Waals surface area (Å²) < 4.78 is 8.47. The minimum Gasteiger partial charge on any atom is -0.368 e. The maximum absolute atomic E-state index is 9.00. The lowest BCUT2D eigenvalue weighted by Crippen LogP contribution is -2.23. The number of H-pyrrole nitrogens is 1. The van der Waals surface area contributed by atoms with Crippen molar-refractivity contribution >= 4 is 22.1 Å². The highest BCUT2D eigenvalue weighted by atomic mass is 16.5. The van der Waals surface area contributed by atoms with Crippen LogP contribution in [0, 0.1) is 17.2 Å². The predicted octanol–water partition coefficient (Wildman–Crippen LogP) is 4.87. The van der Waals surface area contributed by atoms with Gasteiger partial charge in [0.25, 0.3) is 0 Å². The molecule has 6 heteroatoms. The fourth-order valence-electron chi connectivity index (χ4n) is 4.15. The quantitative estimate of drug-likeness (QED) is 0.715. The monoisotopic (exact) mass is 365 g/mol. The van der Waals surface area contributed by atoms with Crippen LogP contribution in [-0.2, 0) is 11.3 Å². The van der Waals surface area contributed by atoms with Crippen LogP contribution in [0.3, 0.4) is 0 Å². The molecule has 1 aliphatic rings. The van der Waals surface area contributed by atoms with Crippen LogP contribution in [0.25, 0.3) is 22.1 Å². The first kappa shape index (κ1) is 18.0. The Morgan fingerprint density at radius 1 is 1.30 bits per heavy atom. The summed E-state index contributed by atoms with van der Waals surface area (Å²) in [6.45, 7) is 6.69. The number of pyridine rings is 1. The number of aromatic nitrogens is 4. The van der Waals surface area contributed by atoms with Crippen LogP contribution in [0.2, 0.25) is 0 Å². The molecule has 0 unspecified atom stereocenters. The summed E-state index contributed by atoms with van der Waals surface area (Å²) in [7, 11) is 0. The summed E-state index contributed by atoms with van der Waals surface area (Å²) in [6, 6.07) is 4.81. The van der Waals surface area contributed by atoms with E-state index in [0.29, 0.717) is 25.0 Å². The first-order valence-corrected chi connectivity index (χ1v) is 9.80. The van der Waals surface area contributed by atoms with Gasteiger partial charge in [0.2, 0.25) is 0 Å². The van der Waals surface area contributed by atoms with Crippen LogP contribution in [-0.4, -0.2) is 25.1 Å². The van der Waals surface area contributed by atoms with Gasteiger partial charge in [-0.15, -0.1) is 0 Å². The Hall–Kier alpha value is -2.39. The second kappa shape index (κ2) is 6.97. The number of ether oxygens (including phenoxy) is 1. The molecular formula is C21H27N5O. The fourth-order valence-corrected chi connectivity index (χ4v) is 4.15. The number of rotatable bonds is 4. The van der Waals surface area contributed by atoms with E-state index >= 15 is 0 Å². The van der Waals surface area contributed by atoms with Crippen LogP contribution in [0.5, 0.6) is 0 Å². The highest BCUT2D eigenvalue weighted by Crippen LogP contribution is 2.38. The normalized spacial score (nSPS) is 21.0. The summed E-state index contributed by atoms with van der Waals surface area (Å²) >= 11 is 0. The number of nitriles is 1. The Balaban J connectivity index is 1.75. The zero-order chi connectivity index (χ0) is 19.0. The number of aromatic amines is 1. The van der Waals surface area contributed by atoms with Gasteiger partial charge in [0.05, 0.1) is 23.4 Å². The van der Waals surface area contributed by atoms with Gasteiger partial charge in [-0.1, -0.05) is 0 Å². The molecule has 0 aliphatic heterocycles. The summed E-state index contributed by atoms with van der Waals surface area (Å²) in [5, 5.41) is 10.1. The van der Waals surface area contributed by atoms with Crippen molar-refractivity contribution in [3.8, 4) is 6.07 Å². The number of nitrogens with one attached hydrogen (secondary N) is 1. The lowest BCUT2D eigenvalue weighted by atomic mass is 9.84.